The zero-order valence-corrected chi connectivity index (χ0v) is 43.0. The Morgan fingerprint density at radius 2 is 1.12 bits per heavy atom. The number of hydrogen-bond acceptors (Lipinski definition) is 12. The molecule has 1 heterocycles. The first-order valence-corrected chi connectivity index (χ1v) is 24.1. The van der Waals surface area contributed by atoms with Gasteiger partial charge in [-0.1, -0.05) is 88.4 Å². The summed E-state index contributed by atoms with van der Waals surface area (Å²) in [6.45, 7) is 15.1. The molecule has 0 fully saturated rings. The minimum absolute atomic E-state index is 0.0462. The fourth-order valence-electron chi connectivity index (χ4n) is 7.22. The number of alkyl carbamates (subject to hydrolysis) is 1. The van der Waals surface area contributed by atoms with E-state index in [2.05, 4.69) is 42.2 Å². The smallest absolute Gasteiger partial charge is 0.408 e. The van der Waals surface area contributed by atoms with Crippen LogP contribution in [-0.4, -0.2) is 113 Å². The summed E-state index contributed by atoms with van der Waals surface area (Å²) in [6.07, 6.45) is 1.28. The lowest BCUT2D eigenvalue weighted by Crippen LogP contribution is -2.58. The summed E-state index contributed by atoms with van der Waals surface area (Å²) in [5.74, 6) is -4.84. The highest BCUT2D eigenvalue weighted by atomic mass is 16.6. The highest BCUT2D eigenvalue weighted by Crippen LogP contribution is 2.11. The second kappa shape index (κ2) is 28.5. The molecule has 3 rings (SSSR count). The van der Waals surface area contributed by atoms with Crippen LogP contribution < -0.4 is 48.5 Å². The molecule has 0 aliphatic carbocycles. The van der Waals surface area contributed by atoms with Crippen LogP contribution in [-0.2, 0) is 68.8 Å². The number of H-pyrrole nitrogens is 1. The van der Waals surface area contributed by atoms with Crippen LogP contribution in [0.3, 0.4) is 0 Å². The second-order valence-corrected chi connectivity index (χ2v) is 19.2. The Labute approximate surface area is 420 Å². The van der Waals surface area contributed by atoms with Gasteiger partial charge < -0.3 is 51.3 Å². The molecule has 0 saturated carbocycles. The van der Waals surface area contributed by atoms with Gasteiger partial charge in [0.05, 0.1) is 7.11 Å². The van der Waals surface area contributed by atoms with Crippen molar-refractivity contribution in [1.29, 1.82) is 0 Å². The van der Waals surface area contributed by atoms with Crippen molar-refractivity contribution in [2.75, 3.05) is 13.7 Å². The number of benzene rings is 2. The third kappa shape index (κ3) is 20.2. The van der Waals surface area contributed by atoms with Gasteiger partial charge >= 0.3 is 17.8 Å². The first-order chi connectivity index (χ1) is 33.9. The molecule has 21 nitrogen and oxygen atoms in total. The van der Waals surface area contributed by atoms with Crippen LogP contribution in [0.4, 0.5) is 4.79 Å². The predicted molar refractivity (Wildman–Crippen MR) is 268 cm³/mol. The summed E-state index contributed by atoms with van der Waals surface area (Å²) in [5, 5.41) is 18.7. The van der Waals surface area contributed by atoms with E-state index in [0.717, 1.165) is 11.1 Å². The van der Waals surface area contributed by atoms with Crippen molar-refractivity contribution < 1.29 is 47.8 Å². The molecule has 0 bridgehead atoms. The maximum atomic E-state index is 13.8. The van der Waals surface area contributed by atoms with E-state index in [0.29, 0.717) is 0 Å². The Balaban J connectivity index is 1.56. The molecular weight excluding hydrogens is 931 g/mol. The number of amides is 7. The number of carbonyl (C=O) groups excluding carboxylic acids is 8. The molecule has 7 amide bonds. The normalized spacial score (nSPS) is 13.8. The number of aromatic nitrogens is 2. The average molecular weight is 1000 g/mol. The van der Waals surface area contributed by atoms with Crippen LogP contribution in [0.1, 0.15) is 98.3 Å². The maximum Gasteiger partial charge on any atom is 0.408 e. The van der Waals surface area contributed by atoms with Crippen molar-refractivity contribution in [1.82, 2.24) is 46.8 Å². The van der Waals surface area contributed by atoms with Gasteiger partial charge in [0.2, 0.25) is 35.4 Å². The quantitative estimate of drug-likeness (QED) is 0.0421. The number of aryl methyl sites for hydroxylation is 2. The number of aromatic amines is 1. The summed E-state index contributed by atoms with van der Waals surface area (Å²) < 4.78 is 11.3. The van der Waals surface area contributed by atoms with E-state index in [9.17, 15) is 47.9 Å². The van der Waals surface area contributed by atoms with Crippen molar-refractivity contribution >= 4 is 47.5 Å². The zero-order chi connectivity index (χ0) is 53.7. The van der Waals surface area contributed by atoms with Crippen molar-refractivity contribution in [3.05, 3.63) is 104 Å². The minimum Gasteiger partial charge on any atom is -0.467 e. The van der Waals surface area contributed by atoms with Gasteiger partial charge in [0.25, 0.3) is 5.56 Å². The Morgan fingerprint density at radius 3 is 1.61 bits per heavy atom. The van der Waals surface area contributed by atoms with E-state index in [1.807, 2.05) is 12.1 Å². The van der Waals surface area contributed by atoms with Gasteiger partial charge in [0.15, 0.2) is 0 Å². The van der Waals surface area contributed by atoms with Crippen LogP contribution >= 0.6 is 0 Å². The molecule has 0 spiro atoms. The molecule has 0 saturated heterocycles. The molecule has 21 heteroatoms. The standard InChI is InChI=1S/C51H73N9O12/c1-30(2)40(57-45(65)37(27-34-19-13-11-14-20-34)56-43(63)33(6)54-50(70)72-51(7,8)9)47(67)52-25-17-23-36-29-60(49(69)59-44(36)64)26-18-24-39(61)53-32(5)42(62)55-38(28-35-21-15-12-16-22-35)46(66)58-41(31(3)4)48(68)71-10/h11-16,19-22,29-33,37-38,40-41H,17-18,23-28H2,1-10H3,(H,52,67)(H,53,61)(H,54,70)(H,55,62)(H,56,63)(H,57,65)(H,58,66)(H,59,64,69)/t32-,33-,37-,38-,40-,41-/m0/s1. The molecule has 6 atom stereocenters. The fraction of sp³-hybridized carbons (Fsp3) is 0.529. The van der Waals surface area contributed by atoms with E-state index in [-0.39, 0.29) is 69.0 Å². The number of nitrogens with one attached hydrogen (secondary N) is 8. The SMILES string of the molecule is COC(=O)[C@@H](NC(=O)[C@H](Cc1ccccc1)NC(=O)[C@H](C)NC(=O)CCCn1cc(CCCNC(=O)[C@@H](NC(=O)[C@H](Cc2ccccc2)NC(=O)[C@H](C)NC(=O)OC(C)(C)C)C(C)C)c(=O)[nH]c1=O)C(C)C. The first-order valence-electron chi connectivity index (χ1n) is 24.1. The molecule has 2 aromatic carbocycles. The fourth-order valence-corrected chi connectivity index (χ4v) is 7.22. The number of rotatable bonds is 26. The number of hydrogen-bond donors (Lipinski definition) is 8. The van der Waals surface area contributed by atoms with Gasteiger partial charge in [-0.25, -0.2) is 14.4 Å². The van der Waals surface area contributed by atoms with Crippen molar-refractivity contribution in [2.24, 2.45) is 11.8 Å². The molecule has 0 aliphatic heterocycles. The third-order valence-corrected chi connectivity index (χ3v) is 11.2. The Morgan fingerprint density at radius 1 is 0.625 bits per heavy atom. The topological polar surface area (TPSA) is 294 Å². The van der Waals surface area contributed by atoms with Crippen LogP contribution in [0.2, 0.25) is 0 Å². The predicted octanol–water partition coefficient (Wildman–Crippen LogP) is 1.69. The lowest BCUT2D eigenvalue weighted by Gasteiger charge is -2.26. The van der Waals surface area contributed by atoms with Gasteiger partial charge in [-0.3, -0.25) is 38.5 Å². The summed E-state index contributed by atoms with van der Waals surface area (Å²) in [4.78, 5) is 133. The van der Waals surface area contributed by atoms with Gasteiger partial charge in [-0.15, -0.1) is 0 Å². The van der Waals surface area contributed by atoms with Crippen LogP contribution in [0, 0.1) is 11.8 Å². The van der Waals surface area contributed by atoms with Gasteiger partial charge in [0.1, 0.15) is 41.9 Å². The van der Waals surface area contributed by atoms with Crippen LogP contribution in [0.15, 0.2) is 76.4 Å². The summed E-state index contributed by atoms with van der Waals surface area (Å²) >= 11 is 0. The molecule has 1 aromatic heterocycles. The van der Waals surface area contributed by atoms with E-state index in [4.69, 9.17) is 9.47 Å². The number of carbonyl (C=O) groups is 8. The number of methoxy groups -OCH3 is 1. The number of nitrogens with zero attached hydrogens (tertiary/aromatic N) is 1. The lowest BCUT2D eigenvalue weighted by molar-refractivity contribution is -0.146. The monoisotopic (exact) mass is 1000 g/mol. The first kappa shape index (κ1) is 59.0. The molecule has 0 aliphatic rings. The van der Waals surface area contributed by atoms with E-state index >= 15 is 0 Å². The highest BCUT2D eigenvalue weighted by molar-refractivity contribution is 5.95. The van der Waals surface area contributed by atoms with E-state index < -0.39 is 101 Å². The number of ether oxygens (including phenoxy) is 2. The third-order valence-electron chi connectivity index (χ3n) is 11.2. The summed E-state index contributed by atoms with van der Waals surface area (Å²) in [6, 6.07) is 11.6. The van der Waals surface area contributed by atoms with E-state index in [1.54, 1.807) is 97.0 Å². The summed E-state index contributed by atoms with van der Waals surface area (Å²) in [7, 11) is 1.21. The van der Waals surface area contributed by atoms with E-state index in [1.165, 1.54) is 31.7 Å². The van der Waals surface area contributed by atoms with Crippen LogP contribution in [0.5, 0.6) is 0 Å². The molecule has 0 unspecified atom stereocenters. The number of esters is 1. The van der Waals surface area contributed by atoms with Crippen molar-refractivity contribution in [2.45, 2.75) is 149 Å². The van der Waals surface area contributed by atoms with Crippen LogP contribution in [0.25, 0.3) is 0 Å². The molecule has 394 valence electrons. The van der Waals surface area contributed by atoms with Gasteiger partial charge in [-0.05, 0) is 76.8 Å². The zero-order valence-electron chi connectivity index (χ0n) is 43.0. The average Bonchev–Trinajstić information content (AvgIpc) is 3.31. The molecule has 72 heavy (non-hydrogen) atoms. The summed E-state index contributed by atoms with van der Waals surface area (Å²) in [5.41, 5.74) is -0.357. The van der Waals surface area contributed by atoms with Crippen molar-refractivity contribution in [3.63, 3.8) is 0 Å². The molecule has 3 aromatic rings. The molecule has 8 N–H and O–H groups in total. The maximum absolute atomic E-state index is 13.8. The molecular formula is C51H73N9O12. The Hall–Kier alpha value is -7.32. The second-order valence-electron chi connectivity index (χ2n) is 19.2. The van der Waals surface area contributed by atoms with Gasteiger partial charge in [-0.2, -0.15) is 0 Å². The Bertz CT molecular complexity index is 2430. The Kier molecular flexibility index (Phi) is 23.4. The minimum atomic E-state index is -1.12. The largest absolute Gasteiger partial charge is 0.467 e. The highest BCUT2D eigenvalue weighted by Gasteiger charge is 2.32. The van der Waals surface area contributed by atoms with Gasteiger partial charge in [0, 0.05) is 44.1 Å². The lowest BCUT2D eigenvalue weighted by atomic mass is 10.0. The van der Waals surface area contributed by atoms with Crippen molar-refractivity contribution in [3.8, 4) is 0 Å². The molecule has 0 radical (unpaired) electrons.